The van der Waals surface area contributed by atoms with E-state index in [0.29, 0.717) is 25.2 Å². The van der Waals surface area contributed by atoms with E-state index in [-0.39, 0.29) is 18.1 Å². The number of benzene rings is 1. The van der Waals surface area contributed by atoms with Gasteiger partial charge in [-0.1, -0.05) is 0 Å². The molecule has 2 aromatic rings. The van der Waals surface area contributed by atoms with Crippen LogP contribution in [-0.4, -0.2) is 41.1 Å². The number of nitrogens with one attached hydrogen (secondary N) is 1. The summed E-state index contributed by atoms with van der Waals surface area (Å²) in [4.78, 5) is 18.7. The lowest BCUT2D eigenvalue weighted by atomic mass is 10.1. The number of rotatable bonds is 4. The molecule has 2 unspecified atom stereocenters. The molecule has 1 fully saturated rings. The maximum absolute atomic E-state index is 12.6. The molecule has 1 N–H and O–H groups in total. The van der Waals surface area contributed by atoms with Crippen LogP contribution in [0, 0.1) is 0 Å². The van der Waals surface area contributed by atoms with Crippen LogP contribution in [0.25, 0.3) is 0 Å². The molecule has 1 aromatic heterocycles. The minimum Gasteiger partial charge on any atom is -0.379 e. The smallest absolute Gasteiger partial charge is 0.254 e. The van der Waals surface area contributed by atoms with E-state index in [9.17, 15) is 4.79 Å². The minimum absolute atomic E-state index is 0.0676. The van der Waals surface area contributed by atoms with Gasteiger partial charge in [-0.3, -0.25) is 4.79 Å². The Labute approximate surface area is 140 Å². The Bertz CT molecular complexity index is 632. The van der Waals surface area contributed by atoms with Crippen molar-refractivity contribution in [2.75, 3.05) is 18.4 Å². The summed E-state index contributed by atoms with van der Waals surface area (Å²) in [6.07, 6.45) is 0.170. The number of morpholine rings is 1. The molecule has 122 valence electrons. The molecule has 0 aliphatic carbocycles. The lowest BCUT2D eigenvalue weighted by Crippen LogP contribution is -2.48. The number of nitrogens with zero attached hydrogens (tertiary/aromatic N) is 2. The van der Waals surface area contributed by atoms with E-state index in [0.717, 1.165) is 11.4 Å². The summed E-state index contributed by atoms with van der Waals surface area (Å²) in [6.45, 7) is 5.98. The van der Waals surface area contributed by atoms with Gasteiger partial charge in [0.1, 0.15) is 0 Å². The number of anilines is 1. The molecule has 5 nitrogen and oxygen atoms in total. The summed E-state index contributed by atoms with van der Waals surface area (Å²) in [5.74, 6) is 0.0676. The highest BCUT2D eigenvalue weighted by atomic mass is 32.1. The summed E-state index contributed by atoms with van der Waals surface area (Å²) in [5.41, 5.74) is 4.54. The maximum Gasteiger partial charge on any atom is 0.254 e. The van der Waals surface area contributed by atoms with Crippen LogP contribution in [-0.2, 0) is 11.3 Å². The zero-order valence-corrected chi connectivity index (χ0v) is 14.2. The van der Waals surface area contributed by atoms with E-state index in [1.54, 1.807) is 11.3 Å². The second-order valence-electron chi connectivity index (χ2n) is 5.88. The van der Waals surface area contributed by atoms with Gasteiger partial charge in [-0.2, -0.15) is 0 Å². The van der Waals surface area contributed by atoms with Crippen LogP contribution in [0.5, 0.6) is 0 Å². The first-order valence-corrected chi connectivity index (χ1v) is 8.72. The Morgan fingerprint density at radius 1 is 1.30 bits per heavy atom. The Balaban J connectivity index is 1.61. The van der Waals surface area contributed by atoms with Crippen molar-refractivity contribution in [2.24, 2.45) is 0 Å². The molecule has 3 rings (SSSR count). The molecule has 0 radical (unpaired) electrons. The number of thiazole rings is 1. The molecule has 6 heteroatoms. The molecule has 1 amide bonds. The predicted molar refractivity (Wildman–Crippen MR) is 91.8 cm³/mol. The first-order valence-electron chi connectivity index (χ1n) is 7.77. The number of carbonyl (C=O) groups is 1. The van der Waals surface area contributed by atoms with Crippen LogP contribution in [0.2, 0.25) is 0 Å². The van der Waals surface area contributed by atoms with Gasteiger partial charge in [0.2, 0.25) is 0 Å². The van der Waals surface area contributed by atoms with Crippen LogP contribution < -0.4 is 5.32 Å². The predicted octanol–water partition coefficient (Wildman–Crippen LogP) is 3.00. The average Bonchev–Trinajstić information content (AvgIpc) is 3.05. The Morgan fingerprint density at radius 3 is 2.61 bits per heavy atom. The summed E-state index contributed by atoms with van der Waals surface area (Å²) < 4.78 is 5.68. The van der Waals surface area contributed by atoms with Crippen molar-refractivity contribution in [2.45, 2.75) is 32.6 Å². The molecular formula is C17H21N3O2S. The van der Waals surface area contributed by atoms with Gasteiger partial charge in [0.25, 0.3) is 5.91 Å². The second-order valence-corrected chi connectivity index (χ2v) is 6.60. The second kappa shape index (κ2) is 7.10. The van der Waals surface area contributed by atoms with Crippen LogP contribution >= 0.6 is 11.3 Å². The lowest BCUT2D eigenvalue weighted by molar-refractivity contribution is -0.0586. The van der Waals surface area contributed by atoms with Gasteiger partial charge < -0.3 is 15.0 Å². The number of ether oxygens (including phenoxy) is 1. The highest BCUT2D eigenvalue weighted by molar-refractivity contribution is 7.07. The zero-order chi connectivity index (χ0) is 16.2. The third-order valence-electron chi connectivity index (χ3n) is 3.80. The molecule has 2 heterocycles. The van der Waals surface area contributed by atoms with Crippen molar-refractivity contribution in [1.82, 2.24) is 9.88 Å². The summed E-state index contributed by atoms with van der Waals surface area (Å²) >= 11 is 1.59. The third kappa shape index (κ3) is 4.09. The van der Waals surface area contributed by atoms with Crippen LogP contribution in [0.15, 0.2) is 35.2 Å². The van der Waals surface area contributed by atoms with Crippen molar-refractivity contribution in [3.63, 3.8) is 0 Å². The minimum atomic E-state index is 0.0676. The fraction of sp³-hybridized carbons (Fsp3) is 0.412. The summed E-state index contributed by atoms with van der Waals surface area (Å²) in [6, 6.07) is 7.62. The van der Waals surface area contributed by atoms with Crippen molar-refractivity contribution in [1.29, 1.82) is 0 Å². The van der Waals surface area contributed by atoms with Gasteiger partial charge in [-0.25, -0.2) is 4.98 Å². The van der Waals surface area contributed by atoms with E-state index in [4.69, 9.17) is 4.74 Å². The topological polar surface area (TPSA) is 54.5 Å². The molecular weight excluding hydrogens is 310 g/mol. The third-order valence-corrected chi connectivity index (χ3v) is 4.43. The zero-order valence-electron chi connectivity index (χ0n) is 13.4. The molecule has 1 aliphatic heterocycles. The average molecular weight is 331 g/mol. The number of aromatic nitrogens is 1. The molecule has 1 saturated heterocycles. The monoisotopic (exact) mass is 331 g/mol. The van der Waals surface area contributed by atoms with Crippen molar-refractivity contribution in [3.05, 3.63) is 46.4 Å². The van der Waals surface area contributed by atoms with Crippen molar-refractivity contribution >= 4 is 22.9 Å². The lowest BCUT2D eigenvalue weighted by Gasteiger charge is -2.35. The number of hydrogen-bond donors (Lipinski definition) is 1. The van der Waals surface area contributed by atoms with Gasteiger partial charge in [0.15, 0.2) is 0 Å². The normalized spacial score (nSPS) is 21.2. The molecule has 1 aliphatic rings. The first kappa shape index (κ1) is 16.0. The summed E-state index contributed by atoms with van der Waals surface area (Å²) in [5, 5.41) is 5.33. The number of carbonyl (C=O) groups excluding carboxylic acids is 1. The van der Waals surface area contributed by atoms with E-state index >= 15 is 0 Å². The maximum atomic E-state index is 12.6. The van der Waals surface area contributed by atoms with E-state index in [1.165, 1.54) is 0 Å². The standard InChI is InChI=1S/C17H21N3O2S/c1-12-8-20(9-13(2)22-12)17(21)14-3-5-15(6-4-14)18-7-16-10-23-11-19-16/h3-6,10-13,18H,7-9H2,1-2H3. The molecule has 0 bridgehead atoms. The molecule has 2 atom stereocenters. The first-order chi connectivity index (χ1) is 11.1. The van der Waals surface area contributed by atoms with Crippen molar-refractivity contribution in [3.8, 4) is 0 Å². The van der Waals surface area contributed by atoms with Gasteiger partial charge in [0.05, 0.1) is 30.0 Å². The van der Waals surface area contributed by atoms with Crippen molar-refractivity contribution < 1.29 is 9.53 Å². The quantitative estimate of drug-likeness (QED) is 0.936. The highest BCUT2D eigenvalue weighted by Gasteiger charge is 2.26. The van der Waals surface area contributed by atoms with E-state index < -0.39 is 0 Å². The highest BCUT2D eigenvalue weighted by Crippen LogP contribution is 2.17. The fourth-order valence-corrected chi connectivity index (χ4v) is 3.33. The van der Waals surface area contributed by atoms with Gasteiger partial charge in [-0.15, -0.1) is 11.3 Å². The molecule has 1 aromatic carbocycles. The van der Waals surface area contributed by atoms with Gasteiger partial charge in [0, 0.05) is 29.7 Å². The van der Waals surface area contributed by atoms with Gasteiger partial charge in [-0.05, 0) is 38.1 Å². The van der Waals surface area contributed by atoms with Gasteiger partial charge >= 0.3 is 0 Å². The fourth-order valence-electron chi connectivity index (χ4n) is 2.77. The SMILES string of the molecule is CC1CN(C(=O)c2ccc(NCc3cscn3)cc2)CC(C)O1. The van der Waals surface area contributed by atoms with Crippen LogP contribution in [0.3, 0.4) is 0 Å². The van der Waals surface area contributed by atoms with Crippen LogP contribution in [0.4, 0.5) is 5.69 Å². The van der Waals surface area contributed by atoms with Crippen LogP contribution in [0.1, 0.15) is 29.9 Å². The Kier molecular flexibility index (Phi) is 4.93. The van der Waals surface area contributed by atoms with E-state index in [1.807, 2.05) is 53.9 Å². The Hall–Kier alpha value is -1.92. The summed E-state index contributed by atoms with van der Waals surface area (Å²) in [7, 11) is 0. The Morgan fingerprint density at radius 2 is 2.00 bits per heavy atom. The number of hydrogen-bond acceptors (Lipinski definition) is 5. The largest absolute Gasteiger partial charge is 0.379 e. The molecule has 0 saturated carbocycles. The molecule has 23 heavy (non-hydrogen) atoms. The van der Waals surface area contributed by atoms with E-state index in [2.05, 4.69) is 10.3 Å². The number of amides is 1. The molecule has 0 spiro atoms.